The van der Waals surface area contributed by atoms with Crippen LogP contribution >= 0.6 is 0 Å². The lowest BCUT2D eigenvalue weighted by molar-refractivity contribution is -0.297. The molecule has 1 aliphatic rings. The zero-order valence-electron chi connectivity index (χ0n) is 40.6. The van der Waals surface area contributed by atoms with Crippen LogP contribution in [-0.2, 0) is 38.7 Å². The van der Waals surface area contributed by atoms with Crippen LogP contribution in [-0.4, -0.2) is 96.0 Å². The predicted octanol–water partition coefficient (Wildman–Crippen LogP) is 11.5. The zero-order chi connectivity index (χ0) is 47.6. The van der Waals surface area contributed by atoms with Crippen molar-refractivity contribution in [1.29, 1.82) is 0 Å². The predicted molar refractivity (Wildman–Crippen MR) is 261 cm³/mol. The maximum atomic E-state index is 12.9. The Morgan fingerprint density at radius 1 is 0.523 bits per heavy atom. The van der Waals surface area contributed by atoms with Gasteiger partial charge in [-0.25, -0.2) is 0 Å². The van der Waals surface area contributed by atoms with Crippen molar-refractivity contribution in [2.75, 3.05) is 19.0 Å². The van der Waals surface area contributed by atoms with Gasteiger partial charge in [0.2, 0.25) is 0 Å². The van der Waals surface area contributed by atoms with Gasteiger partial charge in [-0.2, -0.15) is 8.42 Å². The number of carbonyl (C=O) groups excluding carboxylic acids is 2. The number of allylic oxidation sites excluding steroid dienone is 8. The van der Waals surface area contributed by atoms with Crippen LogP contribution in [0.3, 0.4) is 0 Å². The van der Waals surface area contributed by atoms with Crippen LogP contribution in [0.4, 0.5) is 0 Å². The molecular formula is C52H92O12S. The topological polar surface area (TPSA) is 186 Å². The molecular weight excluding hydrogens is 849 g/mol. The molecule has 13 heteroatoms. The van der Waals surface area contributed by atoms with Gasteiger partial charge in [-0.15, -0.1) is 0 Å². The highest BCUT2D eigenvalue weighted by atomic mass is 32.2. The Bertz CT molecular complexity index is 1380. The van der Waals surface area contributed by atoms with Crippen LogP contribution in [0.5, 0.6) is 0 Å². The number of carbonyl (C=O) groups is 2. The van der Waals surface area contributed by atoms with E-state index in [1.807, 2.05) is 0 Å². The second-order valence-electron chi connectivity index (χ2n) is 17.8. The smallest absolute Gasteiger partial charge is 0.306 e. The maximum Gasteiger partial charge on any atom is 0.306 e. The van der Waals surface area contributed by atoms with E-state index in [0.29, 0.717) is 12.8 Å². The van der Waals surface area contributed by atoms with Gasteiger partial charge in [0.05, 0.1) is 6.61 Å². The van der Waals surface area contributed by atoms with E-state index in [9.17, 15) is 37.9 Å². The van der Waals surface area contributed by atoms with Gasteiger partial charge in [-0.05, 0) is 57.8 Å². The van der Waals surface area contributed by atoms with Gasteiger partial charge >= 0.3 is 11.9 Å². The van der Waals surface area contributed by atoms with Crippen molar-refractivity contribution in [2.45, 2.75) is 250 Å². The summed E-state index contributed by atoms with van der Waals surface area (Å²) in [5, 5.41) is 31.0. The van der Waals surface area contributed by atoms with Gasteiger partial charge in [-0.1, -0.05) is 191 Å². The first-order valence-corrected chi connectivity index (χ1v) is 27.3. The normalized spacial score (nSPS) is 19.9. The van der Waals surface area contributed by atoms with Crippen LogP contribution in [0.1, 0.15) is 213 Å². The van der Waals surface area contributed by atoms with Crippen molar-refractivity contribution in [3.8, 4) is 0 Å². The molecule has 12 nitrogen and oxygen atoms in total. The van der Waals surface area contributed by atoms with E-state index in [1.165, 1.54) is 116 Å². The molecule has 1 heterocycles. The maximum absolute atomic E-state index is 12.9. The van der Waals surface area contributed by atoms with E-state index in [-0.39, 0.29) is 19.4 Å². The summed E-state index contributed by atoms with van der Waals surface area (Å²) in [5.74, 6) is -2.02. The van der Waals surface area contributed by atoms with Crippen LogP contribution in [0.25, 0.3) is 0 Å². The van der Waals surface area contributed by atoms with Crippen LogP contribution in [0.15, 0.2) is 48.6 Å². The molecule has 0 aromatic carbocycles. The van der Waals surface area contributed by atoms with Gasteiger partial charge in [0.25, 0.3) is 10.1 Å². The van der Waals surface area contributed by atoms with Gasteiger partial charge in [0, 0.05) is 12.8 Å². The summed E-state index contributed by atoms with van der Waals surface area (Å²) in [7, 11) is -4.61. The molecule has 1 aliphatic heterocycles. The molecule has 0 aromatic heterocycles. The highest BCUT2D eigenvalue weighted by molar-refractivity contribution is 7.85. The van der Waals surface area contributed by atoms with Crippen LogP contribution in [0.2, 0.25) is 0 Å². The Morgan fingerprint density at radius 2 is 0.923 bits per heavy atom. The highest BCUT2D eigenvalue weighted by Crippen LogP contribution is 2.24. The molecule has 0 spiro atoms. The first-order chi connectivity index (χ1) is 31.5. The average molecular weight is 941 g/mol. The first kappa shape index (κ1) is 60.6. The molecule has 6 atom stereocenters. The fraction of sp³-hybridized carbons (Fsp3) is 0.808. The molecule has 0 aromatic rings. The summed E-state index contributed by atoms with van der Waals surface area (Å²) in [6, 6.07) is 0. The summed E-state index contributed by atoms with van der Waals surface area (Å²) in [4.78, 5) is 25.5. The van der Waals surface area contributed by atoms with Crippen LogP contribution < -0.4 is 0 Å². The molecule has 378 valence electrons. The monoisotopic (exact) mass is 941 g/mol. The minimum Gasteiger partial charge on any atom is -0.462 e. The third-order valence-corrected chi connectivity index (χ3v) is 12.4. The van der Waals surface area contributed by atoms with Gasteiger partial charge in [0.1, 0.15) is 36.8 Å². The molecule has 0 bridgehead atoms. The Kier molecular flexibility index (Phi) is 39.0. The summed E-state index contributed by atoms with van der Waals surface area (Å²) < 4.78 is 54.2. The second-order valence-corrected chi connectivity index (χ2v) is 19.3. The number of aliphatic hydroxyl groups excluding tert-OH is 3. The van der Waals surface area contributed by atoms with Gasteiger partial charge < -0.3 is 34.3 Å². The molecule has 1 saturated heterocycles. The van der Waals surface area contributed by atoms with E-state index in [0.717, 1.165) is 57.8 Å². The third-order valence-electron chi connectivity index (χ3n) is 11.7. The molecule has 0 saturated carbocycles. The minimum absolute atomic E-state index is 0.159. The third kappa shape index (κ3) is 36.3. The largest absolute Gasteiger partial charge is 0.462 e. The lowest BCUT2D eigenvalue weighted by atomic mass is 10.00. The number of esters is 2. The standard InChI is InChI=1S/C52H92O12S/c1-3-5-7-9-11-13-15-17-19-21-23-25-26-28-30-32-34-36-38-40-47(53)61-42-45(43-62-52-51(57)50(56)49(55)46(64-52)44-65(58,59)60)63-48(54)41-39-37-35-33-31-29-27-24-22-20-18-16-14-12-10-8-6-4-2/h11,13,17,19,23,25,28,30,45-46,49-52,55-57H,3-10,12,14-16,18,20-22,24,26-27,29,31-44H2,1-2H3,(H,58,59,60)/b13-11+,19-17+,25-23+,30-28+/t45-,46-,49-,50?,51?,52+/m1/s1. The number of hydrogen-bond donors (Lipinski definition) is 4. The lowest BCUT2D eigenvalue weighted by Gasteiger charge is -2.40. The van der Waals surface area contributed by atoms with Gasteiger partial charge in [0.15, 0.2) is 12.4 Å². The molecule has 1 fully saturated rings. The number of unbranched alkanes of at least 4 members (excludes halogenated alkanes) is 23. The fourth-order valence-electron chi connectivity index (χ4n) is 7.66. The summed E-state index contributed by atoms with van der Waals surface area (Å²) >= 11 is 0. The van der Waals surface area contributed by atoms with E-state index in [2.05, 4.69) is 62.5 Å². The summed E-state index contributed by atoms with van der Waals surface area (Å²) in [5.41, 5.74) is 0. The van der Waals surface area contributed by atoms with Gasteiger partial charge in [-0.3, -0.25) is 14.1 Å². The number of aliphatic hydroxyl groups is 3. The van der Waals surface area contributed by atoms with Crippen molar-refractivity contribution in [3.63, 3.8) is 0 Å². The second kappa shape index (κ2) is 41.8. The molecule has 4 N–H and O–H groups in total. The SMILES string of the molecule is CCCCC/C=C/C/C=C/C/C=C/C/C=C/CCCCCC(=O)OC[C@H](CO[C@H]1O[C@H](CS(=O)(=O)O)[C@@H](O)C(O)C1O)OC(=O)CCCCCCCCCCCCCCCCCCCC. The van der Waals surface area contributed by atoms with E-state index in [1.54, 1.807) is 0 Å². The average Bonchev–Trinajstić information content (AvgIpc) is 3.27. The van der Waals surface area contributed by atoms with E-state index < -0.39 is 71.2 Å². The van der Waals surface area contributed by atoms with E-state index in [4.69, 9.17) is 18.9 Å². The number of rotatable bonds is 43. The molecule has 0 aliphatic carbocycles. The van der Waals surface area contributed by atoms with Crippen molar-refractivity contribution < 1.29 is 56.8 Å². The number of hydrogen-bond acceptors (Lipinski definition) is 11. The van der Waals surface area contributed by atoms with Crippen molar-refractivity contribution >= 4 is 22.1 Å². The highest BCUT2D eigenvalue weighted by Gasteiger charge is 2.46. The van der Waals surface area contributed by atoms with E-state index >= 15 is 0 Å². The van der Waals surface area contributed by atoms with Crippen LogP contribution in [0, 0.1) is 0 Å². The Balaban J connectivity index is 2.41. The first-order valence-electron chi connectivity index (χ1n) is 25.7. The van der Waals surface area contributed by atoms with Crippen molar-refractivity contribution in [1.82, 2.24) is 0 Å². The summed E-state index contributed by atoms with van der Waals surface area (Å²) in [6.07, 6.45) is 41.5. The van der Waals surface area contributed by atoms with Crippen molar-refractivity contribution in [2.24, 2.45) is 0 Å². The molecule has 1 rings (SSSR count). The number of ether oxygens (including phenoxy) is 4. The summed E-state index contributed by atoms with van der Waals surface area (Å²) in [6.45, 7) is 3.73. The minimum atomic E-state index is -4.61. The molecule has 65 heavy (non-hydrogen) atoms. The molecule has 0 radical (unpaired) electrons. The lowest BCUT2D eigenvalue weighted by Crippen LogP contribution is -2.60. The van der Waals surface area contributed by atoms with Crippen molar-refractivity contribution in [3.05, 3.63) is 48.6 Å². The Morgan fingerprint density at radius 3 is 1.40 bits per heavy atom. The molecule has 0 amide bonds. The zero-order valence-corrected chi connectivity index (χ0v) is 41.4. The quantitative estimate of drug-likeness (QED) is 0.0196. The fourth-order valence-corrected chi connectivity index (χ4v) is 8.35. The Hall–Kier alpha value is -2.39. The molecule has 2 unspecified atom stereocenters. The Labute approximate surface area is 394 Å².